The number of ether oxygens (including phenoxy) is 1. The molecule has 4 aromatic rings. The Morgan fingerprint density at radius 3 is 1.78 bits per heavy atom. The number of para-hydroxylation sites is 1. The highest BCUT2D eigenvalue weighted by Gasteiger charge is 2.17. The van der Waals surface area contributed by atoms with Gasteiger partial charge in [0.15, 0.2) is 17.5 Å². The summed E-state index contributed by atoms with van der Waals surface area (Å²) in [7, 11) is 0. The molecule has 0 aliphatic heterocycles. The predicted octanol–water partition coefficient (Wildman–Crippen LogP) is 5.80. The molecule has 0 aliphatic rings. The van der Waals surface area contributed by atoms with Crippen LogP contribution in [0.1, 0.15) is 26.2 Å². The summed E-state index contributed by atoms with van der Waals surface area (Å²) < 4.78 is 6.31. The van der Waals surface area contributed by atoms with Crippen LogP contribution in [0.4, 0.5) is 0 Å². The lowest BCUT2D eigenvalue weighted by Crippen LogP contribution is -2.18. The number of aliphatic hydroxyl groups excluding tert-OH is 1. The van der Waals surface area contributed by atoms with E-state index in [2.05, 4.69) is 6.92 Å². The van der Waals surface area contributed by atoms with E-state index in [1.54, 1.807) is 0 Å². The monoisotopic (exact) mass is 425 g/mol. The van der Waals surface area contributed by atoms with Gasteiger partial charge >= 0.3 is 0 Å². The van der Waals surface area contributed by atoms with Crippen molar-refractivity contribution in [1.82, 2.24) is 15.0 Å². The maximum atomic E-state index is 9.44. The van der Waals surface area contributed by atoms with Crippen LogP contribution < -0.4 is 4.74 Å². The van der Waals surface area contributed by atoms with Crippen molar-refractivity contribution in [1.29, 1.82) is 0 Å². The maximum Gasteiger partial charge on any atom is 0.167 e. The molecule has 4 rings (SSSR count). The first kappa shape index (κ1) is 21.7. The summed E-state index contributed by atoms with van der Waals surface area (Å²) in [4.78, 5) is 14.4. The van der Waals surface area contributed by atoms with Gasteiger partial charge in [0.05, 0.1) is 5.56 Å². The third-order valence-corrected chi connectivity index (χ3v) is 5.18. The van der Waals surface area contributed by atoms with E-state index in [-0.39, 0.29) is 12.7 Å². The SMILES string of the molecule is CCCC(CCO)Oc1ccccc1-c1nc(-c2ccccc2)nc(-c2ccccc2)n1. The fourth-order valence-electron chi connectivity index (χ4n) is 3.59. The molecular formula is C27H27N3O2. The molecule has 1 aromatic heterocycles. The van der Waals surface area contributed by atoms with Gasteiger partial charge in [-0.25, -0.2) is 15.0 Å². The molecule has 0 radical (unpaired) electrons. The molecule has 5 heteroatoms. The van der Waals surface area contributed by atoms with Crippen molar-refractivity contribution >= 4 is 0 Å². The molecule has 0 saturated heterocycles. The molecular weight excluding hydrogens is 398 g/mol. The minimum absolute atomic E-state index is 0.0600. The zero-order valence-electron chi connectivity index (χ0n) is 18.2. The number of benzene rings is 3. The summed E-state index contributed by atoms with van der Waals surface area (Å²) in [5.74, 6) is 2.51. The minimum atomic E-state index is -0.0600. The van der Waals surface area contributed by atoms with Crippen molar-refractivity contribution in [2.24, 2.45) is 0 Å². The third kappa shape index (κ3) is 5.18. The number of hydrogen-bond donors (Lipinski definition) is 1. The van der Waals surface area contributed by atoms with Gasteiger partial charge in [0.2, 0.25) is 0 Å². The Morgan fingerprint density at radius 1 is 0.688 bits per heavy atom. The number of nitrogens with zero attached hydrogens (tertiary/aromatic N) is 3. The molecule has 5 nitrogen and oxygen atoms in total. The molecule has 162 valence electrons. The lowest BCUT2D eigenvalue weighted by molar-refractivity contribution is 0.146. The summed E-state index contributed by atoms with van der Waals surface area (Å²) in [5, 5.41) is 9.44. The molecule has 1 heterocycles. The molecule has 0 amide bonds. The number of rotatable bonds is 9. The molecule has 3 aromatic carbocycles. The van der Waals surface area contributed by atoms with Crippen LogP contribution in [0, 0.1) is 0 Å². The normalized spacial score (nSPS) is 11.8. The van der Waals surface area contributed by atoms with E-state index >= 15 is 0 Å². The average Bonchev–Trinajstić information content (AvgIpc) is 2.85. The van der Waals surface area contributed by atoms with Crippen LogP contribution in [0.25, 0.3) is 34.2 Å². The molecule has 0 aliphatic carbocycles. The highest BCUT2D eigenvalue weighted by Crippen LogP contribution is 2.31. The highest BCUT2D eigenvalue weighted by atomic mass is 16.5. The van der Waals surface area contributed by atoms with Crippen molar-refractivity contribution in [2.75, 3.05) is 6.61 Å². The summed E-state index contributed by atoms with van der Waals surface area (Å²) in [6, 6.07) is 27.6. The summed E-state index contributed by atoms with van der Waals surface area (Å²) in [6.07, 6.45) is 2.38. The largest absolute Gasteiger partial charge is 0.490 e. The second-order valence-electron chi connectivity index (χ2n) is 7.58. The van der Waals surface area contributed by atoms with Gasteiger partial charge in [0, 0.05) is 24.2 Å². The second kappa shape index (κ2) is 10.6. The molecule has 0 spiro atoms. The quantitative estimate of drug-likeness (QED) is 0.367. The van der Waals surface area contributed by atoms with E-state index in [4.69, 9.17) is 19.7 Å². The van der Waals surface area contributed by atoms with E-state index in [0.29, 0.717) is 29.6 Å². The van der Waals surface area contributed by atoms with Gasteiger partial charge < -0.3 is 9.84 Å². The van der Waals surface area contributed by atoms with Gasteiger partial charge in [0.1, 0.15) is 11.9 Å². The smallest absolute Gasteiger partial charge is 0.167 e. The van der Waals surface area contributed by atoms with E-state index in [0.717, 1.165) is 29.5 Å². The lowest BCUT2D eigenvalue weighted by atomic mass is 10.1. The van der Waals surface area contributed by atoms with Crippen LogP contribution in [-0.4, -0.2) is 32.8 Å². The van der Waals surface area contributed by atoms with Gasteiger partial charge in [-0.15, -0.1) is 0 Å². The predicted molar refractivity (Wildman–Crippen MR) is 127 cm³/mol. The van der Waals surface area contributed by atoms with Gasteiger partial charge in [-0.3, -0.25) is 0 Å². The summed E-state index contributed by atoms with van der Waals surface area (Å²) >= 11 is 0. The average molecular weight is 426 g/mol. The van der Waals surface area contributed by atoms with Crippen molar-refractivity contribution in [3.05, 3.63) is 84.9 Å². The first-order valence-corrected chi connectivity index (χ1v) is 11.0. The Balaban J connectivity index is 1.81. The zero-order chi connectivity index (χ0) is 22.2. The number of hydrogen-bond acceptors (Lipinski definition) is 5. The standard InChI is InChI=1S/C27H27N3O2/c1-2-11-22(18-19-31)32-24-17-10-9-16-23(24)27-29-25(20-12-5-3-6-13-20)28-26(30-27)21-14-7-4-8-15-21/h3-10,12-17,22,31H,2,11,18-19H2,1H3. The van der Waals surface area contributed by atoms with Crippen molar-refractivity contribution in [2.45, 2.75) is 32.3 Å². The first-order chi connectivity index (χ1) is 15.8. The van der Waals surface area contributed by atoms with Crippen molar-refractivity contribution < 1.29 is 9.84 Å². The van der Waals surface area contributed by atoms with Crippen LogP contribution in [0.2, 0.25) is 0 Å². The molecule has 1 atom stereocenters. The fraction of sp³-hybridized carbons (Fsp3) is 0.222. The van der Waals surface area contributed by atoms with Gasteiger partial charge in [-0.2, -0.15) is 0 Å². The van der Waals surface area contributed by atoms with Crippen LogP contribution in [0.15, 0.2) is 84.9 Å². The highest BCUT2D eigenvalue weighted by molar-refractivity contribution is 5.69. The van der Waals surface area contributed by atoms with E-state index in [9.17, 15) is 5.11 Å². The lowest BCUT2D eigenvalue weighted by Gasteiger charge is -2.20. The van der Waals surface area contributed by atoms with Crippen molar-refractivity contribution in [3.8, 4) is 39.9 Å². The van der Waals surface area contributed by atoms with Crippen molar-refractivity contribution in [3.63, 3.8) is 0 Å². The van der Waals surface area contributed by atoms with E-state index in [1.807, 2.05) is 84.9 Å². The third-order valence-electron chi connectivity index (χ3n) is 5.18. The van der Waals surface area contributed by atoms with Crippen LogP contribution in [0.5, 0.6) is 5.75 Å². The Morgan fingerprint density at radius 2 is 1.22 bits per heavy atom. The van der Waals surface area contributed by atoms with Crippen LogP contribution in [-0.2, 0) is 0 Å². The second-order valence-corrected chi connectivity index (χ2v) is 7.58. The van der Waals surface area contributed by atoms with Gasteiger partial charge in [0.25, 0.3) is 0 Å². The Labute approximate surface area is 188 Å². The van der Waals surface area contributed by atoms with Crippen LogP contribution in [0.3, 0.4) is 0 Å². The summed E-state index contributed by atoms with van der Waals surface area (Å²) in [6.45, 7) is 2.21. The molecule has 32 heavy (non-hydrogen) atoms. The Kier molecular flexibility index (Phi) is 7.20. The molecule has 1 N–H and O–H groups in total. The maximum absolute atomic E-state index is 9.44. The van der Waals surface area contributed by atoms with Gasteiger partial charge in [-0.05, 0) is 18.6 Å². The summed E-state index contributed by atoms with van der Waals surface area (Å²) in [5.41, 5.74) is 2.66. The Bertz CT molecular complexity index is 1070. The van der Waals surface area contributed by atoms with E-state index < -0.39 is 0 Å². The molecule has 1 unspecified atom stereocenters. The van der Waals surface area contributed by atoms with Gasteiger partial charge in [-0.1, -0.05) is 86.1 Å². The molecule has 0 fully saturated rings. The number of aliphatic hydroxyl groups is 1. The topological polar surface area (TPSA) is 68.1 Å². The first-order valence-electron chi connectivity index (χ1n) is 11.0. The fourth-order valence-corrected chi connectivity index (χ4v) is 3.59. The minimum Gasteiger partial charge on any atom is -0.490 e. The zero-order valence-corrected chi connectivity index (χ0v) is 18.2. The molecule has 0 saturated carbocycles. The Hall–Kier alpha value is -3.57. The van der Waals surface area contributed by atoms with E-state index in [1.165, 1.54) is 0 Å². The molecule has 0 bridgehead atoms. The number of aromatic nitrogens is 3. The van der Waals surface area contributed by atoms with Crippen LogP contribution >= 0.6 is 0 Å².